The molecule has 0 amide bonds. The Hall–Kier alpha value is -1.20. The molecule has 0 bridgehead atoms. The second kappa shape index (κ2) is 5.63. The van der Waals surface area contributed by atoms with Crippen LogP contribution in [-0.4, -0.2) is 6.04 Å². The lowest BCUT2D eigenvalue weighted by Crippen LogP contribution is -2.33. The number of hydrogen-bond donors (Lipinski definition) is 1. The molecule has 96 valence electrons. The minimum Gasteiger partial charge on any atom is -0.381 e. The maximum atomic E-state index is 8.93. The Kier molecular flexibility index (Phi) is 4.14. The Labute approximate surface area is 114 Å². The molecule has 3 heteroatoms. The van der Waals surface area contributed by atoms with Crippen LogP contribution in [0, 0.1) is 23.2 Å². The highest BCUT2D eigenvalue weighted by molar-refractivity contribution is 6.33. The van der Waals surface area contributed by atoms with Gasteiger partial charge >= 0.3 is 0 Å². The molecule has 0 spiro atoms. The van der Waals surface area contributed by atoms with Crippen LogP contribution in [0.2, 0.25) is 5.02 Å². The van der Waals surface area contributed by atoms with Crippen molar-refractivity contribution in [2.45, 2.75) is 39.2 Å². The van der Waals surface area contributed by atoms with E-state index in [0.717, 1.165) is 11.6 Å². The van der Waals surface area contributed by atoms with Crippen molar-refractivity contribution in [3.05, 3.63) is 28.8 Å². The molecule has 0 heterocycles. The zero-order chi connectivity index (χ0) is 13.1. The van der Waals surface area contributed by atoms with Crippen molar-refractivity contribution in [1.82, 2.24) is 0 Å². The number of nitrogens with zero attached hydrogens (tertiary/aromatic N) is 1. The summed E-state index contributed by atoms with van der Waals surface area (Å²) >= 11 is 6.18. The van der Waals surface area contributed by atoms with Gasteiger partial charge in [0.15, 0.2) is 0 Å². The van der Waals surface area contributed by atoms with Crippen LogP contribution in [0.25, 0.3) is 0 Å². The summed E-state index contributed by atoms with van der Waals surface area (Å²) in [6, 6.07) is 7.99. The summed E-state index contributed by atoms with van der Waals surface area (Å²) in [7, 11) is 0. The predicted molar refractivity (Wildman–Crippen MR) is 75.8 cm³/mol. The molecule has 2 rings (SSSR count). The van der Waals surface area contributed by atoms with E-state index in [4.69, 9.17) is 16.9 Å². The van der Waals surface area contributed by atoms with Gasteiger partial charge in [0.1, 0.15) is 0 Å². The first kappa shape index (κ1) is 13.2. The summed E-state index contributed by atoms with van der Waals surface area (Å²) in [4.78, 5) is 0. The first-order valence-electron chi connectivity index (χ1n) is 6.56. The van der Waals surface area contributed by atoms with Crippen LogP contribution in [-0.2, 0) is 0 Å². The highest BCUT2D eigenvalue weighted by Gasteiger charge is 2.25. The van der Waals surface area contributed by atoms with Gasteiger partial charge in [0, 0.05) is 6.04 Å². The van der Waals surface area contributed by atoms with Gasteiger partial charge in [-0.05, 0) is 42.9 Å². The quantitative estimate of drug-likeness (QED) is 0.855. The molecule has 2 nitrogen and oxygen atoms in total. The van der Waals surface area contributed by atoms with Crippen LogP contribution in [0.15, 0.2) is 18.2 Å². The van der Waals surface area contributed by atoms with Crippen LogP contribution in [0.3, 0.4) is 0 Å². The van der Waals surface area contributed by atoms with Crippen molar-refractivity contribution in [2.75, 3.05) is 5.32 Å². The van der Waals surface area contributed by atoms with E-state index >= 15 is 0 Å². The van der Waals surface area contributed by atoms with Gasteiger partial charge in [0.2, 0.25) is 0 Å². The van der Waals surface area contributed by atoms with E-state index in [0.29, 0.717) is 22.5 Å². The van der Waals surface area contributed by atoms with Crippen LogP contribution in [0.5, 0.6) is 0 Å². The number of nitrogens with one attached hydrogen (secondary N) is 1. The average Bonchev–Trinajstić information content (AvgIpc) is 2.36. The molecule has 1 N–H and O–H groups in total. The molecule has 18 heavy (non-hydrogen) atoms. The number of hydrogen-bond acceptors (Lipinski definition) is 2. The second-order valence-corrected chi connectivity index (χ2v) is 5.86. The molecule has 1 aliphatic carbocycles. The van der Waals surface area contributed by atoms with Crippen molar-refractivity contribution in [2.24, 2.45) is 11.8 Å². The SMILES string of the molecule is CC1CCC(C)C(Nc2cc(C#N)ccc2Cl)C1. The van der Waals surface area contributed by atoms with Gasteiger partial charge in [-0.1, -0.05) is 31.9 Å². The normalized spacial score (nSPS) is 27.6. The molecular formula is C15H19ClN2. The second-order valence-electron chi connectivity index (χ2n) is 5.45. The molecule has 0 aliphatic heterocycles. The van der Waals surface area contributed by atoms with E-state index in [1.807, 2.05) is 6.07 Å². The topological polar surface area (TPSA) is 35.8 Å². The summed E-state index contributed by atoms with van der Waals surface area (Å²) in [5.41, 5.74) is 1.54. The lowest BCUT2D eigenvalue weighted by molar-refractivity contribution is 0.281. The number of benzene rings is 1. The molecule has 0 saturated heterocycles. The van der Waals surface area contributed by atoms with E-state index in [-0.39, 0.29) is 0 Å². The zero-order valence-electron chi connectivity index (χ0n) is 10.9. The molecule has 3 atom stereocenters. The van der Waals surface area contributed by atoms with Gasteiger partial charge in [-0.3, -0.25) is 0 Å². The van der Waals surface area contributed by atoms with E-state index in [1.54, 1.807) is 12.1 Å². The lowest BCUT2D eigenvalue weighted by atomic mass is 9.80. The monoisotopic (exact) mass is 262 g/mol. The molecule has 1 saturated carbocycles. The average molecular weight is 263 g/mol. The summed E-state index contributed by atoms with van der Waals surface area (Å²) in [5.74, 6) is 1.42. The first-order chi connectivity index (χ1) is 8.60. The molecule has 1 aromatic carbocycles. The molecule has 1 aromatic rings. The maximum Gasteiger partial charge on any atom is 0.0992 e. The Morgan fingerprint density at radius 1 is 1.33 bits per heavy atom. The van der Waals surface area contributed by atoms with Gasteiger partial charge in [-0.2, -0.15) is 5.26 Å². The van der Waals surface area contributed by atoms with Gasteiger partial charge in [0.25, 0.3) is 0 Å². The van der Waals surface area contributed by atoms with E-state index < -0.39 is 0 Å². The summed E-state index contributed by atoms with van der Waals surface area (Å²) < 4.78 is 0. The number of rotatable bonds is 2. The molecule has 3 unspecified atom stereocenters. The Morgan fingerprint density at radius 3 is 2.83 bits per heavy atom. The molecule has 0 radical (unpaired) electrons. The van der Waals surface area contributed by atoms with Gasteiger partial charge in [-0.15, -0.1) is 0 Å². The van der Waals surface area contributed by atoms with E-state index in [9.17, 15) is 0 Å². The molecule has 1 aliphatic rings. The van der Waals surface area contributed by atoms with Gasteiger partial charge < -0.3 is 5.32 Å². The predicted octanol–water partition coefficient (Wildman–Crippen LogP) is 4.45. The van der Waals surface area contributed by atoms with Gasteiger partial charge in [-0.25, -0.2) is 0 Å². The van der Waals surface area contributed by atoms with E-state index in [2.05, 4.69) is 25.2 Å². The zero-order valence-corrected chi connectivity index (χ0v) is 11.7. The fraction of sp³-hybridized carbons (Fsp3) is 0.533. The Bertz CT molecular complexity index is 464. The third kappa shape index (κ3) is 2.97. The first-order valence-corrected chi connectivity index (χ1v) is 6.94. The number of anilines is 1. The standard InChI is InChI=1S/C15H19ClN2/c1-10-3-4-11(2)14(7-10)18-15-8-12(9-17)5-6-13(15)16/h5-6,8,10-11,14,18H,3-4,7H2,1-2H3. The van der Waals surface area contributed by atoms with E-state index in [1.165, 1.54) is 19.3 Å². The minimum absolute atomic E-state index is 0.459. The van der Waals surface area contributed by atoms with Gasteiger partial charge in [0.05, 0.1) is 22.3 Å². The number of nitriles is 1. The van der Waals surface area contributed by atoms with Crippen LogP contribution in [0.1, 0.15) is 38.7 Å². The third-order valence-electron chi connectivity index (χ3n) is 3.89. The smallest absolute Gasteiger partial charge is 0.0992 e. The fourth-order valence-corrected chi connectivity index (χ4v) is 2.81. The molecule has 0 aromatic heterocycles. The number of halogens is 1. The van der Waals surface area contributed by atoms with Crippen molar-refractivity contribution >= 4 is 17.3 Å². The van der Waals surface area contributed by atoms with Crippen molar-refractivity contribution in [3.63, 3.8) is 0 Å². The van der Waals surface area contributed by atoms with Crippen LogP contribution < -0.4 is 5.32 Å². The fourth-order valence-electron chi connectivity index (χ4n) is 2.64. The highest BCUT2D eigenvalue weighted by Crippen LogP contribution is 2.32. The summed E-state index contributed by atoms with van der Waals surface area (Å²) in [6.45, 7) is 4.58. The Morgan fingerprint density at radius 2 is 2.11 bits per heavy atom. The maximum absolute atomic E-state index is 8.93. The van der Waals surface area contributed by atoms with Crippen LogP contribution >= 0.6 is 11.6 Å². The minimum atomic E-state index is 0.459. The molecule has 1 fully saturated rings. The summed E-state index contributed by atoms with van der Waals surface area (Å²) in [5, 5.41) is 13.1. The largest absolute Gasteiger partial charge is 0.381 e. The third-order valence-corrected chi connectivity index (χ3v) is 4.22. The summed E-state index contributed by atoms with van der Waals surface area (Å²) in [6.07, 6.45) is 3.74. The Balaban J connectivity index is 2.15. The lowest BCUT2D eigenvalue weighted by Gasteiger charge is -2.34. The van der Waals surface area contributed by atoms with Crippen molar-refractivity contribution < 1.29 is 0 Å². The molecular weight excluding hydrogens is 244 g/mol. The van der Waals surface area contributed by atoms with Crippen LogP contribution in [0.4, 0.5) is 5.69 Å². The van der Waals surface area contributed by atoms with Crippen molar-refractivity contribution in [3.8, 4) is 6.07 Å². The highest BCUT2D eigenvalue weighted by atomic mass is 35.5. The van der Waals surface area contributed by atoms with Crippen molar-refractivity contribution in [1.29, 1.82) is 5.26 Å².